The predicted molar refractivity (Wildman–Crippen MR) is 68.8 cm³/mol. The van der Waals surface area contributed by atoms with Crippen LogP contribution < -0.4 is 5.73 Å². The van der Waals surface area contributed by atoms with Crippen molar-refractivity contribution in [3.63, 3.8) is 0 Å². The molecule has 2 aromatic heterocycles. The third-order valence-corrected chi connectivity index (χ3v) is 3.28. The predicted octanol–water partition coefficient (Wildman–Crippen LogP) is 1.72. The van der Waals surface area contributed by atoms with Crippen LogP contribution in [0.4, 0.5) is 5.82 Å². The Morgan fingerprint density at radius 2 is 2.33 bits per heavy atom. The third-order valence-electron chi connectivity index (χ3n) is 3.28. The minimum absolute atomic E-state index is 0.582. The van der Waals surface area contributed by atoms with Crippen molar-refractivity contribution in [2.45, 2.75) is 32.0 Å². The largest absolute Gasteiger partial charge is 0.468 e. The molecule has 0 unspecified atom stereocenters. The molecule has 5 nitrogen and oxygen atoms in total. The van der Waals surface area contributed by atoms with E-state index in [0.717, 1.165) is 25.4 Å². The van der Waals surface area contributed by atoms with Gasteiger partial charge >= 0.3 is 0 Å². The first kappa shape index (κ1) is 11.3. The van der Waals surface area contributed by atoms with Gasteiger partial charge in [-0.2, -0.15) is 5.10 Å². The SMILES string of the molecule is Nc1ccn(CCN(Cc2ccco2)C2CC2)n1. The highest BCUT2D eigenvalue weighted by atomic mass is 16.3. The van der Waals surface area contributed by atoms with E-state index < -0.39 is 0 Å². The summed E-state index contributed by atoms with van der Waals surface area (Å²) in [5.41, 5.74) is 5.61. The van der Waals surface area contributed by atoms with Crippen LogP contribution in [0.15, 0.2) is 35.1 Å². The van der Waals surface area contributed by atoms with E-state index >= 15 is 0 Å². The number of anilines is 1. The second kappa shape index (κ2) is 4.86. The molecule has 0 saturated heterocycles. The minimum Gasteiger partial charge on any atom is -0.468 e. The molecular formula is C13H18N4O. The van der Waals surface area contributed by atoms with Gasteiger partial charge in [-0.15, -0.1) is 0 Å². The van der Waals surface area contributed by atoms with Crippen LogP contribution in [-0.4, -0.2) is 27.3 Å². The minimum atomic E-state index is 0.582. The molecular weight excluding hydrogens is 228 g/mol. The van der Waals surface area contributed by atoms with Gasteiger partial charge in [-0.3, -0.25) is 9.58 Å². The molecule has 2 N–H and O–H groups in total. The molecule has 2 heterocycles. The van der Waals surface area contributed by atoms with Gasteiger partial charge in [0.15, 0.2) is 0 Å². The fraction of sp³-hybridized carbons (Fsp3) is 0.462. The van der Waals surface area contributed by atoms with Gasteiger partial charge in [-0.05, 0) is 31.0 Å². The van der Waals surface area contributed by atoms with Crippen molar-refractivity contribution in [2.24, 2.45) is 0 Å². The normalized spacial score (nSPS) is 15.4. The van der Waals surface area contributed by atoms with E-state index in [4.69, 9.17) is 10.2 Å². The van der Waals surface area contributed by atoms with Gasteiger partial charge in [0.25, 0.3) is 0 Å². The monoisotopic (exact) mass is 246 g/mol. The first-order valence-corrected chi connectivity index (χ1v) is 6.36. The number of nitrogens with zero attached hydrogens (tertiary/aromatic N) is 3. The number of rotatable bonds is 6. The summed E-state index contributed by atoms with van der Waals surface area (Å²) in [6.45, 7) is 2.73. The lowest BCUT2D eigenvalue weighted by Crippen LogP contribution is -2.29. The Bertz CT molecular complexity index is 487. The summed E-state index contributed by atoms with van der Waals surface area (Å²) in [5.74, 6) is 1.61. The van der Waals surface area contributed by atoms with Crippen LogP contribution in [0.25, 0.3) is 0 Å². The van der Waals surface area contributed by atoms with Crippen LogP contribution in [0.3, 0.4) is 0 Å². The highest BCUT2D eigenvalue weighted by Gasteiger charge is 2.29. The zero-order chi connectivity index (χ0) is 12.4. The fourth-order valence-electron chi connectivity index (χ4n) is 2.17. The zero-order valence-electron chi connectivity index (χ0n) is 10.3. The van der Waals surface area contributed by atoms with Crippen molar-refractivity contribution >= 4 is 5.82 Å². The smallest absolute Gasteiger partial charge is 0.145 e. The molecule has 0 bridgehead atoms. The van der Waals surface area contributed by atoms with Gasteiger partial charge in [0.1, 0.15) is 11.6 Å². The van der Waals surface area contributed by atoms with Crippen molar-refractivity contribution < 1.29 is 4.42 Å². The Morgan fingerprint density at radius 1 is 1.44 bits per heavy atom. The molecule has 96 valence electrons. The maximum atomic E-state index is 5.61. The summed E-state index contributed by atoms with van der Waals surface area (Å²) in [4.78, 5) is 2.46. The highest BCUT2D eigenvalue weighted by Crippen LogP contribution is 2.28. The third kappa shape index (κ3) is 2.73. The number of nitrogens with two attached hydrogens (primary N) is 1. The maximum Gasteiger partial charge on any atom is 0.145 e. The van der Waals surface area contributed by atoms with E-state index in [1.807, 2.05) is 29.1 Å². The molecule has 0 aromatic carbocycles. The first-order valence-electron chi connectivity index (χ1n) is 6.36. The molecule has 3 rings (SSSR count). The van der Waals surface area contributed by atoms with Gasteiger partial charge in [0.05, 0.1) is 19.4 Å². The van der Waals surface area contributed by atoms with Crippen molar-refractivity contribution in [3.8, 4) is 0 Å². The summed E-state index contributed by atoms with van der Waals surface area (Å²) in [6.07, 6.45) is 6.24. The number of hydrogen-bond acceptors (Lipinski definition) is 4. The Balaban J connectivity index is 1.57. The number of nitrogen functional groups attached to an aromatic ring is 1. The Morgan fingerprint density at radius 3 is 2.94 bits per heavy atom. The van der Waals surface area contributed by atoms with E-state index in [1.165, 1.54) is 12.8 Å². The lowest BCUT2D eigenvalue weighted by molar-refractivity contribution is 0.222. The van der Waals surface area contributed by atoms with Gasteiger partial charge in [0, 0.05) is 18.8 Å². The molecule has 1 aliphatic rings. The lowest BCUT2D eigenvalue weighted by atomic mass is 10.3. The summed E-state index contributed by atoms with van der Waals surface area (Å²) < 4.78 is 7.31. The summed E-state index contributed by atoms with van der Waals surface area (Å²) in [7, 11) is 0. The number of hydrogen-bond donors (Lipinski definition) is 1. The van der Waals surface area contributed by atoms with E-state index in [0.29, 0.717) is 11.9 Å². The quantitative estimate of drug-likeness (QED) is 0.843. The molecule has 0 radical (unpaired) electrons. The van der Waals surface area contributed by atoms with Crippen molar-refractivity contribution in [3.05, 3.63) is 36.4 Å². The summed E-state index contributed by atoms with van der Waals surface area (Å²) in [5, 5.41) is 4.20. The maximum absolute atomic E-state index is 5.61. The molecule has 5 heteroatoms. The summed E-state index contributed by atoms with van der Waals surface area (Å²) >= 11 is 0. The topological polar surface area (TPSA) is 60.2 Å². The molecule has 0 amide bonds. The summed E-state index contributed by atoms with van der Waals surface area (Å²) in [6, 6.07) is 6.51. The Hall–Kier alpha value is -1.75. The average Bonchev–Trinajstić information content (AvgIpc) is 2.92. The first-order chi connectivity index (χ1) is 8.81. The van der Waals surface area contributed by atoms with Crippen molar-refractivity contribution in [1.82, 2.24) is 14.7 Å². The van der Waals surface area contributed by atoms with Crippen molar-refractivity contribution in [2.75, 3.05) is 12.3 Å². The van der Waals surface area contributed by atoms with Crippen LogP contribution in [0.1, 0.15) is 18.6 Å². The molecule has 0 spiro atoms. The van der Waals surface area contributed by atoms with Crippen LogP contribution in [0, 0.1) is 0 Å². The van der Waals surface area contributed by atoms with Gasteiger partial charge in [-0.1, -0.05) is 0 Å². The van der Waals surface area contributed by atoms with Crippen LogP contribution in [0.2, 0.25) is 0 Å². The Labute approximate surface area is 106 Å². The molecule has 1 saturated carbocycles. The number of furan rings is 1. The van der Waals surface area contributed by atoms with Crippen molar-refractivity contribution in [1.29, 1.82) is 0 Å². The van der Waals surface area contributed by atoms with Crippen LogP contribution in [0.5, 0.6) is 0 Å². The second-order valence-corrected chi connectivity index (χ2v) is 4.78. The highest BCUT2D eigenvalue weighted by molar-refractivity contribution is 5.23. The fourth-order valence-corrected chi connectivity index (χ4v) is 2.17. The van der Waals surface area contributed by atoms with Gasteiger partial charge in [0.2, 0.25) is 0 Å². The molecule has 0 aliphatic heterocycles. The van der Waals surface area contributed by atoms with Gasteiger partial charge in [-0.25, -0.2) is 0 Å². The van der Waals surface area contributed by atoms with E-state index in [2.05, 4.69) is 10.00 Å². The zero-order valence-corrected chi connectivity index (χ0v) is 10.3. The van der Waals surface area contributed by atoms with E-state index in [1.54, 1.807) is 6.26 Å². The van der Waals surface area contributed by atoms with Gasteiger partial charge < -0.3 is 10.2 Å². The van der Waals surface area contributed by atoms with E-state index in [-0.39, 0.29) is 0 Å². The number of aromatic nitrogens is 2. The van der Waals surface area contributed by atoms with Crippen LogP contribution in [-0.2, 0) is 13.1 Å². The lowest BCUT2D eigenvalue weighted by Gasteiger charge is -2.20. The molecule has 18 heavy (non-hydrogen) atoms. The Kier molecular flexibility index (Phi) is 3.06. The second-order valence-electron chi connectivity index (χ2n) is 4.78. The average molecular weight is 246 g/mol. The molecule has 2 aromatic rings. The molecule has 0 atom stereocenters. The molecule has 1 fully saturated rings. The standard InChI is InChI=1S/C13H18N4O/c14-13-5-6-17(15-13)8-7-16(11-3-4-11)10-12-2-1-9-18-12/h1-2,5-6,9,11H,3-4,7-8,10H2,(H2,14,15). The van der Waals surface area contributed by atoms with Crippen LogP contribution >= 0.6 is 0 Å². The van der Waals surface area contributed by atoms with E-state index in [9.17, 15) is 0 Å². The molecule has 1 aliphatic carbocycles.